The van der Waals surface area contributed by atoms with E-state index in [-0.39, 0.29) is 12.0 Å². The second kappa shape index (κ2) is 5.15. The smallest absolute Gasteiger partial charge is 0.225 e. The Morgan fingerprint density at radius 1 is 1.44 bits per heavy atom. The summed E-state index contributed by atoms with van der Waals surface area (Å²) in [4.78, 5) is 14.3. The highest BCUT2D eigenvalue weighted by Gasteiger charge is 2.30. The van der Waals surface area contributed by atoms with Crippen molar-refractivity contribution in [2.75, 3.05) is 19.6 Å². The molecule has 92 valence electrons. The Hall–Kier alpha value is -0.610. The first kappa shape index (κ1) is 11.9. The number of carbonyl (C=O) groups excluding carboxylic acids is 1. The number of amides is 1. The third-order valence-electron chi connectivity index (χ3n) is 3.74. The van der Waals surface area contributed by atoms with Crippen LogP contribution in [-0.4, -0.2) is 42.5 Å². The lowest BCUT2D eigenvalue weighted by molar-refractivity contribution is -0.137. The molecular weight excluding hydrogens is 202 g/mol. The molecule has 1 heterocycles. The summed E-state index contributed by atoms with van der Waals surface area (Å²) in [5, 5.41) is 3.36. The summed E-state index contributed by atoms with van der Waals surface area (Å²) in [6.45, 7) is 4.76. The number of rotatable bonds is 1. The minimum atomic E-state index is 0.189. The van der Waals surface area contributed by atoms with Crippen LogP contribution < -0.4 is 11.1 Å². The molecule has 4 nitrogen and oxygen atoms in total. The van der Waals surface area contributed by atoms with Crippen molar-refractivity contribution in [2.24, 2.45) is 11.7 Å². The molecule has 0 aromatic heterocycles. The Balaban J connectivity index is 1.90. The maximum atomic E-state index is 12.3. The lowest BCUT2D eigenvalue weighted by Gasteiger charge is -2.36. The van der Waals surface area contributed by atoms with Crippen LogP contribution in [0.2, 0.25) is 0 Å². The van der Waals surface area contributed by atoms with Crippen molar-refractivity contribution in [3.05, 3.63) is 0 Å². The van der Waals surface area contributed by atoms with Gasteiger partial charge >= 0.3 is 0 Å². The van der Waals surface area contributed by atoms with Gasteiger partial charge in [0.25, 0.3) is 0 Å². The van der Waals surface area contributed by atoms with Crippen LogP contribution >= 0.6 is 0 Å². The van der Waals surface area contributed by atoms with Gasteiger partial charge in [-0.2, -0.15) is 0 Å². The van der Waals surface area contributed by atoms with E-state index in [0.29, 0.717) is 11.9 Å². The first-order valence-corrected chi connectivity index (χ1v) is 6.44. The summed E-state index contributed by atoms with van der Waals surface area (Å²) in [5.74, 6) is 0.526. The average molecular weight is 225 g/mol. The van der Waals surface area contributed by atoms with Crippen LogP contribution in [0.3, 0.4) is 0 Å². The molecule has 2 rings (SSSR count). The Bertz CT molecular complexity index is 233. The average Bonchev–Trinajstić information content (AvgIpc) is 2.28. The molecule has 4 heteroatoms. The van der Waals surface area contributed by atoms with Crippen molar-refractivity contribution >= 4 is 5.91 Å². The zero-order valence-corrected chi connectivity index (χ0v) is 10.1. The SMILES string of the molecule is CC1CN(C(=O)C2CCCC(N)C2)CCN1. The molecule has 1 saturated heterocycles. The Labute approximate surface area is 97.6 Å². The van der Waals surface area contributed by atoms with Crippen molar-refractivity contribution in [1.82, 2.24) is 10.2 Å². The molecule has 16 heavy (non-hydrogen) atoms. The van der Waals surface area contributed by atoms with E-state index in [1.54, 1.807) is 0 Å². The van der Waals surface area contributed by atoms with Gasteiger partial charge in [-0.15, -0.1) is 0 Å². The molecule has 1 aliphatic carbocycles. The van der Waals surface area contributed by atoms with Gasteiger partial charge in [-0.05, 0) is 26.2 Å². The highest BCUT2D eigenvalue weighted by Crippen LogP contribution is 2.25. The molecule has 0 aromatic rings. The Morgan fingerprint density at radius 3 is 2.94 bits per heavy atom. The fourth-order valence-electron chi connectivity index (χ4n) is 2.84. The fraction of sp³-hybridized carbons (Fsp3) is 0.917. The van der Waals surface area contributed by atoms with Gasteiger partial charge in [0.15, 0.2) is 0 Å². The molecule has 2 aliphatic rings. The van der Waals surface area contributed by atoms with Crippen LogP contribution in [0, 0.1) is 5.92 Å². The predicted octanol–water partition coefficient (Wildman–Crippen LogP) is 0.324. The van der Waals surface area contributed by atoms with Crippen molar-refractivity contribution in [1.29, 1.82) is 0 Å². The van der Waals surface area contributed by atoms with E-state index in [4.69, 9.17) is 5.73 Å². The number of nitrogens with zero attached hydrogens (tertiary/aromatic N) is 1. The molecule has 3 unspecified atom stereocenters. The molecule has 1 saturated carbocycles. The number of nitrogens with one attached hydrogen (secondary N) is 1. The van der Waals surface area contributed by atoms with E-state index < -0.39 is 0 Å². The van der Waals surface area contributed by atoms with Gasteiger partial charge < -0.3 is 16.0 Å². The van der Waals surface area contributed by atoms with Gasteiger partial charge in [-0.1, -0.05) is 6.42 Å². The van der Waals surface area contributed by atoms with Crippen LogP contribution in [-0.2, 0) is 4.79 Å². The van der Waals surface area contributed by atoms with Gasteiger partial charge in [-0.25, -0.2) is 0 Å². The topological polar surface area (TPSA) is 58.4 Å². The largest absolute Gasteiger partial charge is 0.340 e. The van der Waals surface area contributed by atoms with Crippen LogP contribution in [0.5, 0.6) is 0 Å². The van der Waals surface area contributed by atoms with Gasteiger partial charge in [0.05, 0.1) is 0 Å². The summed E-state index contributed by atoms with van der Waals surface area (Å²) >= 11 is 0. The molecule has 0 spiro atoms. The van der Waals surface area contributed by atoms with E-state index in [2.05, 4.69) is 12.2 Å². The van der Waals surface area contributed by atoms with E-state index in [1.807, 2.05) is 4.90 Å². The van der Waals surface area contributed by atoms with Crippen molar-refractivity contribution in [3.63, 3.8) is 0 Å². The number of hydrogen-bond donors (Lipinski definition) is 2. The molecule has 1 amide bonds. The predicted molar refractivity (Wildman–Crippen MR) is 64.0 cm³/mol. The molecular formula is C12H23N3O. The minimum Gasteiger partial charge on any atom is -0.340 e. The number of hydrogen-bond acceptors (Lipinski definition) is 3. The standard InChI is InChI=1S/C12H23N3O/c1-9-8-15(6-5-14-9)12(16)10-3-2-4-11(13)7-10/h9-11,14H,2-8,13H2,1H3. The summed E-state index contributed by atoms with van der Waals surface area (Å²) < 4.78 is 0. The number of nitrogens with two attached hydrogens (primary N) is 1. The summed E-state index contributed by atoms with van der Waals surface area (Å²) in [5.41, 5.74) is 5.94. The van der Waals surface area contributed by atoms with Gasteiger partial charge in [0.2, 0.25) is 5.91 Å². The van der Waals surface area contributed by atoms with Gasteiger partial charge in [0.1, 0.15) is 0 Å². The maximum Gasteiger partial charge on any atom is 0.225 e. The van der Waals surface area contributed by atoms with Gasteiger partial charge in [-0.3, -0.25) is 4.79 Å². The summed E-state index contributed by atoms with van der Waals surface area (Å²) in [6, 6.07) is 0.665. The van der Waals surface area contributed by atoms with E-state index in [1.165, 1.54) is 0 Å². The van der Waals surface area contributed by atoms with Crippen LogP contribution in [0.1, 0.15) is 32.6 Å². The molecule has 2 fully saturated rings. The molecule has 3 N–H and O–H groups in total. The van der Waals surface area contributed by atoms with E-state index >= 15 is 0 Å². The fourth-order valence-corrected chi connectivity index (χ4v) is 2.84. The lowest BCUT2D eigenvalue weighted by atomic mass is 9.85. The second-order valence-electron chi connectivity index (χ2n) is 5.26. The van der Waals surface area contributed by atoms with Crippen molar-refractivity contribution in [3.8, 4) is 0 Å². The quantitative estimate of drug-likeness (QED) is 0.676. The highest BCUT2D eigenvalue weighted by atomic mass is 16.2. The number of piperazine rings is 1. The van der Waals surface area contributed by atoms with E-state index in [0.717, 1.165) is 45.3 Å². The Morgan fingerprint density at radius 2 is 2.25 bits per heavy atom. The van der Waals surface area contributed by atoms with Crippen LogP contribution in [0.25, 0.3) is 0 Å². The summed E-state index contributed by atoms with van der Waals surface area (Å²) in [7, 11) is 0. The minimum absolute atomic E-state index is 0.189. The number of carbonyl (C=O) groups is 1. The molecule has 0 bridgehead atoms. The Kier molecular flexibility index (Phi) is 3.82. The summed E-state index contributed by atoms with van der Waals surface area (Å²) in [6.07, 6.45) is 4.11. The zero-order chi connectivity index (χ0) is 11.5. The highest BCUT2D eigenvalue weighted by molar-refractivity contribution is 5.79. The van der Waals surface area contributed by atoms with Crippen LogP contribution in [0.15, 0.2) is 0 Å². The molecule has 3 atom stereocenters. The first-order valence-electron chi connectivity index (χ1n) is 6.44. The normalized spacial score (nSPS) is 36.1. The third kappa shape index (κ3) is 2.74. The van der Waals surface area contributed by atoms with Crippen molar-refractivity contribution in [2.45, 2.75) is 44.7 Å². The maximum absolute atomic E-state index is 12.3. The van der Waals surface area contributed by atoms with Crippen molar-refractivity contribution < 1.29 is 4.79 Å². The second-order valence-corrected chi connectivity index (χ2v) is 5.26. The van der Waals surface area contributed by atoms with Crippen LogP contribution in [0.4, 0.5) is 0 Å². The molecule has 0 aromatic carbocycles. The molecule has 1 aliphatic heterocycles. The monoisotopic (exact) mass is 225 g/mol. The third-order valence-corrected chi connectivity index (χ3v) is 3.74. The van der Waals surface area contributed by atoms with Gasteiger partial charge in [0, 0.05) is 37.6 Å². The lowest BCUT2D eigenvalue weighted by Crippen LogP contribution is -2.53. The molecule has 0 radical (unpaired) electrons. The van der Waals surface area contributed by atoms with E-state index in [9.17, 15) is 4.79 Å². The zero-order valence-electron chi connectivity index (χ0n) is 10.1. The first-order chi connectivity index (χ1) is 7.66.